The van der Waals surface area contributed by atoms with Crippen LogP contribution in [0.25, 0.3) is 10.9 Å². The van der Waals surface area contributed by atoms with E-state index in [1.807, 2.05) is 0 Å². The van der Waals surface area contributed by atoms with Gasteiger partial charge in [0.1, 0.15) is 19.0 Å². The normalized spacial score (nSPS) is 10.2. The highest BCUT2D eigenvalue weighted by molar-refractivity contribution is 5.78. The molecule has 0 unspecified atom stereocenters. The Bertz CT molecular complexity index is 1130. The lowest BCUT2D eigenvalue weighted by molar-refractivity contribution is -0.121. The third-order valence-corrected chi connectivity index (χ3v) is 3.74. The minimum absolute atomic E-state index is 0.0316. The zero-order chi connectivity index (χ0) is 19.9. The van der Waals surface area contributed by atoms with E-state index in [1.54, 1.807) is 24.3 Å². The SMILES string of the molecule is O=C(Cn1cnc2ccccc2c1=O)NCC#CCOc1ccc(F)cc1F. The zero-order valence-corrected chi connectivity index (χ0v) is 14.6. The van der Waals surface area contributed by atoms with Crippen LogP contribution in [0.15, 0.2) is 53.6 Å². The van der Waals surface area contributed by atoms with Gasteiger partial charge in [-0.1, -0.05) is 24.0 Å². The zero-order valence-electron chi connectivity index (χ0n) is 14.6. The van der Waals surface area contributed by atoms with Crippen LogP contribution in [0, 0.1) is 23.5 Å². The summed E-state index contributed by atoms with van der Waals surface area (Å²) in [6, 6.07) is 9.83. The number of ether oxygens (including phenoxy) is 1. The standard InChI is InChI=1S/C20H15F2N3O3/c21-14-7-8-18(16(22)11-14)28-10-4-3-9-23-19(26)12-25-13-24-17-6-2-1-5-15(17)20(25)27/h1-2,5-8,11,13H,9-10,12H2,(H,23,26). The van der Waals surface area contributed by atoms with Gasteiger partial charge in [0.05, 0.1) is 23.8 Å². The molecule has 0 aliphatic heterocycles. The molecule has 0 fully saturated rings. The Labute approximate surface area is 158 Å². The van der Waals surface area contributed by atoms with Gasteiger partial charge in [-0.05, 0) is 24.3 Å². The minimum atomic E-state index is -0.815. The molecule has 0 saturated carbocycles. The van der Waals surface area contributed by atoms with Gasteiger partial charge in [0.25, 0.3) is 5.56 Å². The smallest absolute Gasteiger partial charge is 0.261 e. The van der Waals surface area contributed by atoms with Crippen molar-refractivity contribution in [1.82, 2.24) is 14.9 Å². The second-order valence-corrected chi connectivity index (χ2v) is 5.69. The molecule has 6 nitrogen and oxygen atoms in total. The van der Waals surface area contributed by atoms with E-state index >= 15 is 0 Å². The van der Waals surface area contributed by atoms with Crippen molar-refractivity contribution in [3.05, 3.63) is 70.8 Å². The molecule has 3 aromatic rings. The predicted molar refractivity (Wildman–Crippen MR) is 98.6 cm³/mol. The van der Waals surface area contributed by atoms with Crippen molar-refractivity contribution in [3.63, 3.8) is 0 Å². The topological polar surface area (TPSA) is 73.2 Å². The van der Waals surface area contributed by atoms with Crippen LogP contribution < -0.4 is 15.6 Å². The van der Waals surface area contributed by atoms with Crippen molar-refractivity contribution in [1.29, 1.82) is 0 Å². The van der Waals surface area contributed by atoms with Gasteiger partial charge in [-0.25, -0.2) is 13.8 Å². The maximum absolute atomic E-state index is 13.4. The predicted octanol–water partition coefficient (Wildman–Crippen LogP) is 1.87. The van der Waals surface area contributed by atoms with Crippen molar-refractivity contribution < 1.29 is 18.3 Å². The van der Waals surface area contributed by atoms with Crippen LogP contribution in [0.2, 0.25) is 0 Å². The first-order valence-electron chi connectivity index (χ1n) is 8.29. The number of benzene rings is 2. The fourth-order valence-corrected chi connectivity index (χ4v) is 2.39. The molecule has 0 saturated heterocycles. The summed E-state index contributed by atoms with van der Waals surface area (Å²) in [7, 11) is 0. The third kappa shape index (κ3) is 4.71. The molecule has 1 amide bonds. The summed E-state index contributed by atoms with van der Waals surface area (Å²) in [5, 5.41) is 2.98. The number of carbonyl (C=O) groups is 1. The second-order valence-electron chi connectivity index (χ2n) is 5.69. The maximum atomic E-state index is 13.4. The number of hydrogen-bond acceptors (Lipinski definition) is 4. The summed E-state index contributed by atoms with van der Waals surface area (Å²) < 4.78 is 32.4. The molecule has 142 valence electrons. The van der Waals surface area contributed by atoms with Gasteiger partial charge in [0, 0.05) is 6.07 Å². The summed E-state index contributed by atoms with van der Waals surface area (Å²) in [6.45, 7) is -0.272. The molecule has 0 aliphatic carbocycles. The average molecular weight is 383 g/mol. The van der Waals surface area contributed by atoms with Crippen molar-refractivity contribution >= 4 is 16.8 Å². The lowest BCUT2D eigenvalue weighted by Gasteiger charge is -2.06. The van der Waals surface area contributed by atoms with Crippen LogP contribution in [-0.4, -0.2) is 28.6 Å². The highest BCUT2D eigenvalue weighted by atomic mass is 19.1. The molecule has 1 heterocycles. The lowest BCUT2D eigenvalue weighted by Crippen LogP contribution is -2.32. The van der Waals surface area contributed by atoms with Crippen LogP contribution in [0.3, 0.4) is 0 Å². The largest absolute Gasteiger partial charge is 0.478 e. The van der Waals surface area contributed by atoms with E-state index in [0.717, 1.165) is 6.07 Å². The van der Waals surface area contributed by atoms with Gasteiger partial charge in [0.2, 0.25) is 5.91 Å². The summed E-state index contributed by atoms with van der Waals surface area (Å²) in [6.07, 6.45) is 1.32. The highest BCUT2D eigenvalue weighted by Crippen LogP contribution is 2.17. The molecule has 8 heteroatoms. The van der Waals surface area contributed by atoms with Gasteiger partial charge in [-0.15, -0.1) is 0 Å². The first kappa shape index (κ1) is 19.0. The number of fused-ring (bicyclic) bond motifs is 1. The Morgan fingerprint density at radius 1 is 1.18 bits per heavy atom. The molecule has 0 radical (unpaired) electrons. The van der Waals surface area contributed by atoms with Crippen molar-refractivity contribution in [2.24, 2.45) is 0 Å². The van der Waals surface area contributed by atoms with Crippen LogP contribution in [0.1, 0.15) is 0 Å². The molecule has 28 heavy (non-hydrogen) atoms. The van der Waals surface area contributed by atoms with Gasteiger partial charge in [0.15, 0.2) is 11.6 Å². The van der Waals surface area contributed by atoms with Crippen LogP contribution in [-0.2, 0) is 11.3 Å². The van der Waals surface area contributed by atoms with E-state index in [2.05, 4.69) is 22.1 Å². The summed E-state index contributed by atoms with van der Waals surface area (Å²) >= 11 is 0. The van der Waals surface area contributed by atoms with Gasteiger partial charge < -0.3 is 10.1 Å². The maximum Gasteiger partial charge on any atom is 0.261 e. The Morgan fingerprint density at radius 2 is 2.00 bits per heavy atom. The molecule has 1 N–H and O–H groups in total. The van der Waals surface area contributed by atoms with E-state index in [0.29, 0.717) is 17.0 Å². The second kappa shape index (κ2) is 8.77. The van der Waals surface area contributed by atoms with Crippen molar-refractivity contribution in [3.8, 4) is 17.6 Å². The van der Waals surface area contributed by atoms with Crippen LogP contribution in [0.5, 0.6) is 5.75 Å². The monoisotopic (exact) mass is 383 g/mol. The lowest BCUT2D eigenvalue weighted by atomic mass is 10.2. The first-order chi connectivity index (χ1) is 13.5. The van der Waals surface area contributed by atoms with E-state index in [4.69, 9.17) is 4.74 Å². The van der Waals surface area contributed by atoms with E-state index in [-0.39, 0.29) is 31.0 Å². The van der Waals surface area contributed by atoms with Crippen molar-refractivity contribution in [2.45, 2.75) is 6.54 Å². The Hall–Kier alpha value is -3.73. The fourth-order valence-electron chi connectivity index (χ4n) is 2.39. The summed E-state index contributed by atoms with van der Waals surface area (Å²) in [5.74, 6) is 3.22. The molecule has 0 atom stereocenters. The summed E-state index contributed by atoms with van der Waals surface area (Å²) in [4.78, 5) is 28.4. The quantitative estimate of drug-likeness (QED) is 0.683. The number of aromatic nitrogens is 2. The van der Waals surface area contributed by atoms with Gasteiger partial charge >= 0.3 is 0 Å². The van der Waals surface area contributed by atoms with Crippen molar-refractivity contribution in [2.75, 3.05) is 13.2 Å². The number of carbonyl (C=O) groups excluding carboxylic acids is 1. The number of halogens is 2. The Balaban J connectivity index is 1.48. The van der Waals surface area contributed by atoms with E-state index < -0.39 is 17.5 Å². The molecule has 0 aliphatic rings. The molecule has 0 bridgehead atoms. The third-order valence-electron chi connectivity index (χ3n) is 3.74. The molecule has 3 rings (SSSR count). The first-order valence-corrected chi connectivity index (χ1v) is 8.29. The number of rotatable bonds is 5. The van der Waals surface area contributed by atoms with Crippen LogP contribution in [0.4, 0.5) is 8.78 Å². The fraction of sp³-hybridized carbons (Fsp3) is 0.150. The highest BCUT2D eigenvalue weighted by Gasteiger charge is 2.07. The molecule has 0 spiro atoms. The van der Waals surface area contributed by atoms with Gasteiger partial charge in [-0.2, -0.15) is 0 Å². The number of nitrogens with one attached hydrogen (secondary N) is 1. The molecular formula is C20H15F2N3O3. The number of nitrogens with zero attached hydrogens (tertiary/aromatic N) is 2. The molecule has 2 aromatic carbocycles. The van der Waals surface area contributed by atoms with Gasteiger partial charge in [-0.3, -0.25) is 14.2 Å². The Kier molecular flexibility index (Phi) is 5.97. The number of hydrogen-bond donors (Lipinski definition) is 1. The summed E-state index contributed by atoms with van der Waals surface area (Å²) in [5.41, 5.74) is 0.258. The molecular weight excluding hydrogens is 368 g/mol. The van der Waals surface area contributed by atoms with E-state index in [9.17, 15) is 18.4 Å². The number of para-hydroxylation sites is 1. The van der Waals surface area contributed by atoms with Crippen LogP contribution >= 0.6 is 0 Å². The Morgan fingerprint density at radius 3 is 2.82 bits per heavy atom. The number of amides is 1. The average Bonchev–Trinajstić information content (AvgIpc) is 2.68. The minimum Gasteiger partial charge on any atom is -0.478 e. The molecule has 1 aromatic heterocycles. The van der Waals surface area contributed by atoms with E-state index in [1.165, 1.54) is 17.0 Å².